The molecule has 1 saturated carbocycles. The van der Waals surface area contributed by atoms with Crippen molar-refractivity contribution in [2.24, 2.45) is 17.8 Å². The highest BCUT2D eigenvalue weighted by Gasteiger charge is 2.32. The molecular formula is C14H28O2. The Morgan fingerprint density at radius 3 is 2.12 bits per heavy atom. The highest BCUT2D eigenvalue weighted by Crippen LogP contribution is 2.34. The Labute approximate surface area is 101 Å². The van der Waals surface area contributed by atoms with Crippen molar-refractivity contribution < 1.29 is 9.47 Å². The van der Waals surface area contributed by atoms with Crippen LogP contribution in [0, 0.1) is 17.8 Å². The maximum atomic E-state index is 5.70. The molecule has 96 valence electrons. The topological polar surface area (TPSA) is 18.5 Å². The number of methoxy groups -OCH3 is 2. The Morgan fingerprint density at radius 1 is 1.06 bits per heavy atom. The van der Waals surface area contributed by atoms with E-state index in [1.807, 2.05) is 14.2 Å². The van der Waals surface area contributed by atoms with Crippen molar-refractivity contribution in [2.75, 3.05) is 20.8 Å². The molecule has 0 aromatic carbocycles. The predicted molar refractivity (Wildman–Crippen MR) is 67.6 cm³/mol. The molecule has 0 N–H and O–H groups in total. The van der Waals surface area contributed by atoms with Crippen LogP contribution >= 0.6 is 0 Å². The SMILES string of the molecule is COCC(C1CCCCC1)C(OC)C(C)C. The molecule has 1 aliphatic carbocycles. The van der Waals surface area contributed by atoms with Gasteiger partial charge in [-0.25, -0.2) is 0 Å². The zero-order valence-electron chi connectivity index (χ0n) is 11.4. The lowest BCUT2D eigenvalue weighted by Crippen LogP contribution is -2.37. The molecule has 2 unspecified atom stereocenters. The van der Waals surface area contributed by atoms with Crippen LogP contribution in [-0.2, 0) is 9.47 Å². The highest BCUT2D eigenvalue weighted by atomic mass is 16.5. The fourth-order valence-electron chi connectivity index (χ4n) is 3.20. The molecule has 0 bridgehead atoms. The summed E-state index contributed by atoms with van der Waals surface area (Å²) in [6.07, 6.45) is 7.26. The normalized spacial score (nSPS) is 22.3. The molecule has 2 heteroatoms. The van der Waals surface area contributed by atoms with Crippen LogP contribution in [0.25, 0.3) is 0 Å². The van der Waals surface area contributed by atoms with Crippen molar-refractivity contribution >= 4 is 0 Å². The van der Waals surface area contributed by atoms with Crippen molar-refractivity contribution in [2.45, 2.75) is 52.1 Å². The first-order valence-electron chi connectivity index (χ1n) is 6.72. The van der Waals surface area contributed by atoms with Crippen LogP contribution in [0.15, 0.2) is 0 Å². The van der Waals surface area contributed by atoms with Gasteiger partial charge in [0.25, 0.3) is 0 Å². The molecule has 1 fully saturated rings. The maximum Gasteiger partial charge on any atom is 0.0647 e. The molecule has 2 nitrogen and oxygen atoms in total. The minimum Gasteiger partial charge on any atom is -0.384 e. The van der Waals surface area contributed by atoms with Crippen molar-refractivity contribution in [1.29, 1.82) is 0 Å². The second-order valence-corrected chi connectivity index (χ2v) is 5.46. The minimum atomic E-state index is 0.350. The van der Waals surface area contributed by atoms with E-state index in [1.54, 1.807) is 0 Å². The number of hydrogen-bond donors (Lipinski definition) is 0. The molecule has 0 saturated heterocycles. The van der Waals surface area contributed by atoms with E-state index in [0.717, 1.165) is 12.5 Å². The van der Waals surface area contributed by atoms with E-state index in [-0.39, 0.29) is 0 Å². The van der Waals surface area contributed by atoms with Gasteiger partial charge in [-0.15, -0.1) is 0 Å². The van der Waals surface area contributed by atoms with Gasteiger partial charge in [0.15, 0.2) is 0 Å². The Kier molecular flexibility index (Phi) is 6.37. The van der Waals surface area contributed by atoms with Crippen LogP contribution in [0.2, 0.25) is 0 Å². The van der Waals surface area contributed by atoms with E-state index in [2.05, 4.69) is 13.8 Å². The average molecular weight is 228 g/mol. The van der Waals surface area contributed by atoms with Crippen molar-refractivity contribution in [3.05, 3.63) is 0 Å². The summed E-state index contributed by atoms with van der Waals surface area (Å²) in [5, 5.41) is 0. The van der Waals surface area contributed by atoms with Gasteiger partial charge in [-0.05, 0) is 11.8 Å². The molecule has 1 aliphatic rings. The van der Waals surface area contributed by atoms with Gasteiger partial charge in [0.05, 0.1) is 12.7 Å². The molecular weight excluding hydrogens is 200 g/mol. The smallest absolute Gasteiger partial charge is 0.0647 e. The van der Waals surface area contributed by atoms with Gasteiger partial charge in [0.1, 0.15) is 0 Å². The molecule has 0 radical (unpaired) electrons. The lowest BCUT2D eigenvalue weighted by atomic mass is 9.75. The summed E-state index contributed by atoms with van der Waals surface area (Å²) in [6.45, 7) is 5.35. The van der Waals surface area contributed by atoms with Gasteiger partial charge < -0.3 is 9.47 Å². The first kappa shape index (κ1) is 14.0. The van der Waals surface area contributed by atoms with Crippen molar-refractivity contribution in [3.63, 3.8) is 0 Å². The summed E-state index contributed by atoms with van der Waals surface area (Å²) >= 11 is 0. The molecule has 0 aliphatic heterocycles. The number of ether oxygens (including phenoxy) is 2. The van der Waals surface area contributed by atoms with Crippen LogP contribution in [0.4, 0.5) is 0 Å². The van der Waals surface area contributed by atoms with E-state index in [1.165, 1.54) is 32.1 Å². The van der Waals surface area contributed by atoms with Crippen LogP contribution in [-0.4, -0.2) is 26.9 Å². The van der Waals surface area contributed by atoms with Gasteiger partial charge in [-0.3, -0.25) is 0 Å². The minimum absolute atomic E-state index is 0.350. The van der Waals surface area contributed by atoms with E-state index >= 15 is 0 Å². The predicted octanol–water partition coefficient (Wildman–Crippen LogP) is 3.50. The van der Waals surface area contributed by atoms with E-state index in [0.29, 0.717) is 17.9 Å². The Hall–Kier alpha value is -0.0800. The summed E-state index contributed by atoms with van der Waals surface area (Å²) in [6, 6.07) is 0. The second kappa shape index (κ2) is 7.29. The lowest BCUT2D eigenvalue weighted by Gasteiger charge is -2.36. The summed E-state index contributed by atoms with van der Waals surface area (Å²) < 4.78 is 11.1. The van der Waals surface area contributed by atoms with Gasteiger partial charge in [-0.1, -0.05) is 46.0 Å². The van der Waals surface area contributed by atoms with Crippen molar-refractivity contribution in [1.82, 2.24) is 0 Å². The Bertz CT molecular complexity index is 174. The van der Waals surface area contributed by atoms with E-state index in [4.69, 9.17) is 9.47 Å². The second-order valence-electron chi connectivity index (χ2n) is 5.46. The van der Waals surface area contributed by atoms with Gasteiger partial charge >= 0.3 is 0 Å². The third-order valence-corrected chi connectivity index (χ3v) is 3.97. The first-order chi connectivity index (χ1) is 7.70. The van der Waals surface area contributed by atoms with Crippen LogP contribution in [0.3, 0.4) is 0 Å². The van der Waals surface area contributed by atoms with Crippen LogP contribution < -0.4 is 0 Å². The molecule has 0 heterocycles. The third-order valence-electron chi connectivity index (χ3n) is 3.97. The van der Waals surface area contributed by atoms with Gasteiger partial charge in [-0.2, -0.15) is 0 Å². The molecule has 2 atom stereocenters. The van der Waals surface area contributed by atoms with Gasteiger partial charge in [0, 0.05) is 20.1 Å². The maximum absolute atomic E-state index is 5.70. The average Bonchev–Trinajstić information content (AvgIpc) is 2.29. The lowest BCUT2D eigenvalue weighted by molar-refractivity contribution is -0.0426. The van der Waals surface area contributed by atoms with E-state index in [9.17, 15) is 0 Å². The quantitative estimate of drug-likeness (QED) is 0.692. The summed E-state index contributed by atoms with van der Waals surface area (Å²) in [7, 11) is 3.65. The van der Waals surface area contributed by atoms with Gasteiger partial charge in [0.2, 0.25) is 0 Å². The monoisotopic (exact) mass is 228 g/mol. The summed E-state index contributed by atoms with van der Waals surface area (Å²) in [4.78, 5) is 0. The summed E-state index contributed by atoms with van der Waals surface area (Å²) in [5.74, 6) is 1.96. The molecule has 0 amide bonds. The standard InChI is InChI=1S/C14H28O2/c1-11(2)14(16-4)13(10-15-3)12-8-6-5-7-9-12/h11-14H,5-10H2,1-4H3. The Morgan fingerprint density at radius 2 is 1.69 bits per heavy atom. The molecule has 0 aromatic rings. The van der Waals surface area contributed by atoms with Crippen molar-refractivity contribution in [3.8, 4) is 0 Å². The highest BCUT2D eigenvalue weighted by molar-refractivity contribution is 4.81. The first-order valence-corrected chi connectivity index (χ1v) is 6.72. The third kappa shape index (κ3) is 3.74. The molecule has 16 heavy (non-hydrogen) atoms. The largest absolute Gasteiger partial charge is 0.384 e. The fourth-order valence-corrected chi connectivity index (χ4v) is 3.20. The van der Waals surface area contributed by atoms with Crippen LogP contribution in [0.1, 0.15) is 46.0 Å². The molecule has 0 aromatic heterocycles. The zero-order chi connectivity index (χ0) is 12.0. The number of hydrogen-bond acceptors (Lipinski definition) is 2. The Balaban J connectivity index is 2.62. The zero-order valence-corrected chi connectivity index (χ0v) is 11.4. The summed E-state index contributed by atoms with van der Waals surface area (Å²) in [5.41, 5.74) is 0. The van der Waals surface area contributed by atoms with Crippen LogP contribution in [0.5, 0.6) is 0 Å². The number of rotatable bonds is 6. The molecule has 1 rings (SSSR count). The van der Waals surface area contributed by atoms with E-state index < -0.39 is 0 Å². The molecule has 0 spiro atoms. The fraction of sp³-hybridized carbons (Fsp3) is 1.00.